The smallest absolute Gasteiger partial charge is 0.337 e. The SMILES string of the molecule is C=Cc1cc(C(=O)OC)ccc1N. The Morgan fingerprint density at radius 3 is 2.85 bits per heavy atom. The third-order valence-electron chi connectivity index (χ3n) is 1.73. The van der Waals surface area contributed by atoms with E-state index in [4.69, 9.17) is 5.73 Å². The number of nitrogens with two attached hydrogens (primary N) is 1. The minimum atomic E-state index is -0.372. The van der Waals surface area contributed by atoms with Crippen LogP contribution >= 0.6 is 0 Å². The number of ether oxygens (including phenoxy) is 1. The van der Waals surface area contributed by atoms with Crippen LogP contribution in [0.2, 0.25) is 0 Å². The molecule has 3 nitrogen and oxygen atoms in total. The van der Waals surface area contributed by atoms with Crippen molar-refractivity contribution in [2.45, 2.75) is 0 Å². The zero-order chi connectivity index (χ0) is 9.84. The van der Waals surface area contributed by atoms with Crippen LogP contribution in [-0.4, -0.2) is 13.1 Å². The summed E-state index contributed by atoms with van der Waals surface area (Å²) in [5.74, 6) is -0.372. The fraction of sp³-hybridized carbons (Fsp3) is 0.100. The van der Waals surface area contributed by atoms with Crippen LogP contribution < -0.4 is 5.73 Å². The van der Waals surface area contributed by atoms with Gasteiger partial charge in [0.15, 0.2) is 0 Å². The van der Waals surface area contributed by atoms with Crippen LogP contribution in [0.25, 0.3) is 6.08 Å². The lowest BCUT2D eigenvalue weighted by Gasteiger charge is -2.03. The third-order valence-corrected chi connectivity index (χ3v) is 1.73. The second-order valence-corrected chi connectivity index (χ2v) is 2.54. The Morgan fingerprint density at radius 2 is 2.31 bits per heavy atom. The number of hydrogen-bond acceptors (Lipinski definition) is 3. The molecule has 0 saturated heterocycles. The van der Waals surface area contributed by atoms with Crippen molar-refractivity contribution in [1.82, 2.24) is 0 Å². The first-order valence-electron chi connectivity index (χ1n) is 3.79. The normalized spacial score (nSPS) is 9.31. The molecule has 0 aromatic heterocycles. The Hall–Kier alpha value is -1.77. The van der Waals surface area contributed by atoms with Gasteiger partial charge in [0, 0.05) is 5.69 Å². The Balaban J connectivity index is 3.13. The highest BCUT2D eigenvalue weighted by Gasteiger charge is 2.05. The van der Waals surface area contributed by atoms with Crippen molar-refractivity contribution in [1.29, 1.82) is 0 Å². The molecule has 1 aromatic carbocycles. The summed E-state index contributed by atoms with van der Waals surface area (Å²) in [6.07, 6.45) is 1.60. The van der Waals surface area contributed by atoms with Crippen LogP contribution in [0.15, 0.2) is 24.8 Å². The molecule has 0 radical (unpaired) electrons. The number of nitrogen functional groups attached to an aromatic ring is 1. The van der Waals surface area contributed by atoms with Crippen LogP contribution in [-0.2, 0) is 4.74 Å². The van der Waals surface area contributed by atoms with Crippen LogP contribution in [0.5, 0.6) is 0 Å². The van der Waals surface area contributed by atoms with E-state index in [-0.39, 0.29) is 5.97 Å². The zero-order valence-electron chi connectivity index (χ0n) is 7.41. The molecule has 13 heavy (non-hydrogen) atoms. The van der Waals surface area contributed by atoms with Gasteiger partial charge in [-0.2, -0.15) is 0 Å². The van der Waals surface area contributed by atoms with Gasteiger partial charge in [-0.1, -0.05) is 12.7 Å². The van der Waals surface area contributed by atoms with Gasteiger partial charge in [-0.3, -0.25) is 0 Å². The van der Waals surface area contributed by atoms with Gasteiger partial charge in [-0.05, 0) is 23.8 Å². The maximum Gasteiger partial charge on any atom is 0.337 e. The van der Waals surface area contributed by atoms with E-state index in [0.717, 1.165) is 5.56 Å². The van der Waals surface area contributed by atoms with Gasteiger partial charge in [0.25, 0.3) is 0 Å². The van der Waals surface area contributed by atoms with Gasteiger partial charge in [0.2, 0.25) is 0 Å². The number of carbonyl (C=O) groups is 1. The van der Waals surface area contributed by atoms with Gasteiger partial charge in [0.05, 0.1) is 12.7 Å². The molecule has 0 atom stereocenters. The average Bonchev–Trinajstić information content (AvgIpc) is 2.17. The van der Waals surface area contributed by atoms with Crippen molar-refractivity contribution in [3.05, 3.63) is 35.9 Å². The molecular formula is C10H11NO2. The van der Waals surface area contributed by atoms with Gasteiger partial charge in [-0.15, -0.1) is 0 Å². The van der Waals surface area contributed by atoms with E-state index in [0.29, 0.717) is 11.3 Å². The highest BCUT2D eigenvalue weighted by atomic mass is 16.5. The first kappa shape index (κ1) is 9.32. The maximum absolute atomic E-state index is 11.1. The molecule has 1 aromatic rings. The molecule has 0 aliphatic rings. The van der Waals surface area contributed by atoms with Crippen molar-refractivity contribution in [3.8, 4) is 0 Å². The van der Waals surface area contributed by atoms with Gasteiger partial charge in [-0.25, -0.2) is 4.79 Å². The van der Waals surface area contributed by atoms with Crippen molar-refractivity contribution < 1.29 is 9.53 Å². The molecule has 0 bridgehead atoms. The standard InChI is InChI=1S/C10H11NO2/c1-3-7-6-8(10(12)13-2)4-5-9(7)11/h3-6H,1,11H2,2H3. The summed E-state index contributed by atoms with van der Waals surface area (Å²) in [6, 6.07) is 4.92. The average molecular weight is 177 g/mol. The minimum Gasteiger partial charge on any atom is -0.465 e. The molecule has 0 heterocycles. The zero-order valence-corrected chi connectivity index (χ0v) is 7.41. The van der Waals surface area contributed by atoms with Crippen LogP contribution in [0, 0.1) is 0 Å². The first-order valence-corrected chi connectivity index (χ1v) is 3.79. The van der Waals surface area contributed by atoms with E-state index in [1.165, 1.54) is 7.11 Å². The summed E-state index contributed by atoms with van der Waals surface area (Å²) in [4.78, 5) is 11.1. The summed E-state index contributed by atoms with van der Waals surface area (Å²) in [5.41, 5.74) is 7.44. The van der Waals surface area contributed by atoms with Gasteiger partial charge < -0.3 is 10.5 Å². The first-order chi connectivity index (χ1) is 6.19. The largest absolute Gasteiger partial charge is 0.465 e. The predicted octanol–water partition coefficient (Wildman–Crippen LogP) is 1.70. The molecule has 0 aliphatic heterocycles. The third kappa shape index (κ3) is 1.87. The fourth-order valence-corrected chi connectivity index (χ4v) is 0.996. The summed E-state index contributed by atoms with van der Waals surface area (Å²) < 4.78 is 4.56. The van der Waals surface area contributed by atoms with Crippen molar-refractivity contribution in [2.24, 2.45) is 0 Å². The quantitative estimate of drug-likeness (QED) is 0.552. The topological polar surface area (TPSA) is 52.3 Å². The highest BCUT2D eigenvalue weighted by Crippen LogP contribution is 2.15. The number of rotatable bonds is 2. The Bertz CT molecular complexity index is 345. The Labute approximate surface area is 76.8 Å². The number of esters is 1. The molecule has 0 amide bonds. The molecule has 3 heteroatoms. The number of carbonyl (C=O) groups excluding carboxylic acids is 1. The molecule has 68 valence electrons. The molecule has 0 unspecified atom stereocenters. The van der Waals surface area contributed by atoms with Crippen LogP contribution in [0.1, 0.15) is 15.9 Å². The van der Waals surface area contributed by atoms with Crippen molar-refractivity contribution in [2.75, 3.05) is 12.8 Å². The predicted molar refractivity (Wildman–Crippen MR) is 52.3 cm³/mol. The monoisotopic (exact) mass is 177 g/mol. The summed E-state index contributed by atoms with van der Waals surface area (Å²) in [6.45, 7) is 3.59. The summed E-state index contributed by atoms with van der Waals surface area (Å²) in [7, 11) is 1.34. The lowest BCUT2D eigenvalue weighted by atomic mass is 10.1. The van der Waals surface area contributed by atoms with E-state index in [9.17, 15) is 4.79 Å². The highest BCUT2D eigenvalue weighted by molar-refractivity contribution is 5.91. The van der Waals surface area contributed by atoms with Gasteiger partial charge >= 0.3 is 5.97 Å². The van der Waals surface area contributed by atoms with E-state index in [2.05, 4.69) is 11.3 Å². The van der Waals surface area contributed by atoms with Crippen LogP contribution in [0.4, 0.5) is 5.69 Å². The van der Waals surface area contributed by atoms with Crippen LogP contribution in [0.3, 0.4) is 0 Å². The lowest BCUT2D eigenvalue weighted by molar-refractivity contribution is 0.0601. The van der Waals surface area contributed by atoms with E-state index in [1.54, 1.807) is 24.3 Å². The number of hydrogen-bond donors (Lipinski definition) is 1. The molecule has 2 N–H and O–H groups in total. The Morgan fingerprint density at radius 1 is 1.62 bits per heavy atom. The molecule has 0 aliphatic carbocycles. The lowest BCUT2D eigenvalue weighted by Crippen LogP contribution is -2.02. The van der Waals surface area contributed by atoms with E-state index >= 15 is 0 Å². The summed E-state index contributed by atoms with van der Waals surface area (Å²) in [5, 5.41) is 0. The molecule has 0 spiro atoms. The number of anilines is 1. The van der Waals surface area contributed by atoms with Gasteiger partial charge in [0.1, 0.15) is 0 Å². The maximum atomic E-state index is 11.1. The molecule has 1 rings (SSSR count). The van der Waals surface area contributed by atoms with Crippen molar-refractivity contribution in [3.63, 3.8) is 0 Å². The van der Waals surface area contributed by atoms with E-state index < -0.39 is 0 Å². The number of benzene rings is 1. The fourth-order valence-electron chi connectivity index (χ4n) is 0.996. The minimum absolute atomic E-state index is 0.372. The number of methoxy groups -OCH3 is 1. The second-order valence-electron chi connectivity index (χ2n) is 2.54. The summed E-state index contributed by atoms with van der Waals surface area (Å²) >= 11 is 0. The molecular weight excluding hydrogens is 166 g/mol. The second kappa shape index (κ2) is 3.76. The molecule has 0 fully saturated rings. The van der Waals surface area contributed by atoms with Crippen molar-refractivity contribution >= 4 is 17.7 Å². The Kier molecular flexibility index (Phi) is 2.69. The molecule has 0 saturated carbocycles. The van der Waals surface area contributed by atoms with E-state index in [1.807, 2.05) is 0 Å².